The first-order valence-electron chi connectivity index (χ1n) is 15.7. The maximum Gasteiger partial charge on any atom is 0.242 e. The van der Waals surface area contributed by atoms with Gasteiger partial charge in [0.05, 0.1) is 33.1 Å². The molecule has 1 fully saturated rings. The van der Waals surface area contributed by atoms with Crippen molar-refractivity contribution in [3.8, 4) is 28.4 Å². The van der Waals surface area contributed by atoms with Gasteiger partial charge in [0.15, 0.2) is 11.5 Å². The topological polar surface area (TPSA) is 118 Å². The summed E-state index contributed by atoms with van der Waals surface area (Å²) in [6, 6.07) is 6.43. The maximum atomic E-state index is 13.9. The first-order valence-corrected chi connectivity index (χ1v) is 15.7. The van der Waals surface area contributed by atoms with Crippen LogP contribution in [0, 0.1) is 5.92 Å². The average molecular weight is 609 g/mol. The fourth-order valence-electron chi connectivity index (χ4n) is 6.57. The van der Waals surface area contributed by atoms with E-state index in [1.807, 2.05) is 26.0 Å². The zero-order chi connectivity index (χ0) is 32.0. The molecule has 2 amide bonds. The van der Waals surface area contributed by atoms with E-state index in [-0.39, 0.29) is 23.2 Å². The summed E-state index contributed by atoms with van der Waals surface area (Å²) in [5.41, 5.74) is 3.20. The number of likely N-dealkylation sites (N-methyl/N-ethyl adjacent to an activating group) is 1. The molecule has 2 aliphatic rings. The zero-order valence-corrected chi connectivity index (χ0v) is 27.2. The number of rotatable bonds is 12. The van der Waals surface area contributed by atoms with Crippen LogP contribution in [-0.4, -0.2) is 69.8 Å². The fourth-order valence-corrected chi connectivity index (χ4v) is 6.57. The molecule has 240 valence electrons. The number of fused-ring (bicyclic) bond motifs is 3. The Kier molecular flexibility index (Phi) is 11.1. The Balaban J connectivity index is 1.78. The third-order valence-corrected chi connectivity index (χ3v) is 9.14. The number of aryl methyl sites for hydroxylation is 1. The first kappa shape index (κ1) is 33.1. The van der Waals surface area contributed by atoms with Crippen LogP contribution in [0.25, 0.3) is 11.1 Å². The molecule has 4 rings (SSSR count). The zero-order valence-electron chi connectivity index (χ0n) is 27.2. The number of nitrogens with zero attached hydrogens (tertiary/aromatic N) is 1. The normalized spacial score (nSPS) is 19.1. The second-order valence-corrected chi connectivity index (χ2v) is 11.8. The van der Waals surface area contributed by atoms with Crippen molar-refractivity contribution in [3.05, 3.63) is 45.6 Å². The van der Waals surface area contributed by atoms with Crippen LogP contribution in [0.4, 0.5) is 5.69 Å². The van der Waals surface area contributed by atoms with Gasteiger partial charge in [-0.25, -0.2) is 0 Å². The molecular weight excluding hydrogens is 560 g/mol. The number of carbonyl (C=O) groups is 2. The smallest absolute Gasteiger partial charge is 0.242 e. The third-order valence-electron chi connectivity index (χ3n) is 9.14. The highest BCUT2D eigenvalue weighted by molar-refractivity contribution is 5.86. The number of likely N-dealkylation sites (tertiary alicyclic amines) is 1. The van der Waals surface area contributed by atoms with Crippen LogP contribution >= 0.6 is 0 Å². The second-order valence-electron chi connectivity index (χ2n) is 11.8. The summed E-state index contributed by atoms with van der Waals surface area (Å²) in [6.45, 7) is 10.3. The van der Waals surface area contributed by atoms with Gasteiger partial charge < -0.3 is 30.2 Å². The highest BCUT2D eigenvalue weighted by Crippen LogP contribution is 2.50. The lowest BCUT2D eigenvalue weighted by Gasteiger charge is -2.27. The Morgan fingerprint density at radius 1 is 1.05 bits per heavy atom. The molecule has 3 N–H and O–H groups in total. The second kappa shape index (κ2) is 14.8. The van der Waals surface area contributed by atoms with Crippen molar-refractivity contribution in [3.63, 3.8) is 0 Å². The number of hydrogen-bond donors (Lipinski definition) is 3. The number of amides is 2. The minimum absolute atomic E-state index is 0.0201. The summed E-state index contributed by atoms with van der Waals surface area (Å²) in [4.78, 5) is 42.1. The molecule has 10 nitrogen and oxygen atoms in total. The van der Waals surface area contributed by atoms with Crippen LogP contribution in [-0.2, 0) is 16.0 Å². The highest BCUT2D eigenvalue weighted by atomic mass is 16.5. The summed E-state index contributed by atoms with van der Waals surface area (Å²) in [7, 11) is 4.70. The number of nitrogens with one attached hydrogen (secondary N) is 3. The quantitative estimate of drug-likeness (QED) is 0.327. The SMILES string of the molecule is CC[C@@H](C)[C@H](Nc1ccc2c(cc1=O)[C@@H](NC(C)=O)CCc1cc(OC)c(OC)c(OC)c1-2)C(=O)NC[C@@H]1CCCN1CC. The molecule has 0 radical (unpaired) electrons. The van der Waals surface area contributed by atoms with Crippen molar-refractivity contribution in [2.75, 3.05) is 46.3 Å². The summed E-state index contributed by atoms with van der Waals surface area (Å²) in [5.74, 6) is 1.15. The van der Waals surface area contributed by atoms with Crippen LogP contribution in [0.3, 0.4) is 0 Å². The lowest BCUT2D eigenvalue weighted by Crippen LogP contribution is -2.48. The molecule has 4 atom stereocenters. The van der Waals surface area contributed by atoms with E-state index < -0.39 is 12.1 Å². The molecule has 0 spiro atoms. The Labute approximate surface area is 260 Å². The van der Waals surface area contributed by atoms with Gasteiger partial charge in [0.1, 0.15) is 6.04 Å². The Morgan fingerprint density at radius 3 is 2.43 bits per heavy atom. The molecule has 1 aliphatic heterocycles. The summed E-state index contributed by atoms with van der Waals surface area (Å²) in [6.07, 6.45) is 4.14. The van der Waals surface area contributed by atoms with E-state index in [1.165, 1.54) is 6.92 Å². The number of ether oxygens (including phenoxy) is 3. The molecule has 0 aromatic heterocycles. The van der Waals surface area contributed by atoms with Crippen molar-refractivity contribution >= 4 is 17.5 Å². The Hall–Kier alpha value is -3.79. The average Bonchev–Trinajstić information content (AvgIpc) is 3.36. The monoisotopic (exact) mass is 608 g/mol. The largest absolute Gasteiger partial charge is 0.493 e. The standard InChI is InChI=1S/C34H48N4O6/c1-8-20(3)31(34(41)35-19-23-11-10-16-38(23)9-2)37-27-15-13-24-25(18-28(27)40)26(36-21(4)39)14-12-22-17-29(42-5)32(43-6)33(44-7)30(22)24/h13,15,17-18,20,23,26,31H,8-12,14,16,19H2,1-7H3,(H,35,41)(H,36,39)(H,37,40)/t20-,23+,26+,31+/m1/s1. The van der Waals surface area contributed by atoms with Gasteiger partial charge in [0, 0.05) is 25.1 Å². The molecule has 0 bridgehead atoms. The van der Waals surface area contributed by atoms with E-state index in [0.717, 1.165) is 49.0 Å². The maximum absolute atomic E-state index is 13.9. The fraction of sp³-hybridized carbons (Fsp3) is 0.559. The minimum Gasteiger partial charge on any atom is -0.493 e. The predicted octanol–water partition coefficient (Wildman–Crippen LogP) is 4.29. The van der Waals surface area contributed by atoms with E-state index in [4.69, 9.17) is 14.2 Å². The third kappa shape index (κ3) is 6.96. The summed E-state index contributed by atoms with van der Waals surface area (Å²) >= 11 is 0. The Bertz CT molecular complexity index is 1410. The first-order chi connectivity index (χ1) is 21.2. The van der Waals surface area contributed by atoms with Crippen LogP contribution in [0.5, 0.6) is 17.2 Å². The molecule has 1 heterocycles. The van der Waals surface area contributed by atoms with Crippen molar-refractivity contribution < 1.29 is 23.8 Å². The van der Waals surface area contributed by atoms with Crippen LogP contribution in [0.15, 0.2) is 29.1 Å². The van der Waals surface area contributed by atoms with Crippen LogP contribution in [0.2, 0.25) is 0 Å². The van der Waals surface area contributed by atoms with Crippen LogP contribution < -0.4 is 35.6 Å². The molecular formula is C34H48N4O6. The highest BCUT2D eigenvalue weighted by Gasteiger charge is 2.31. The molecule has 44 heavy (non-hydrogen) atoms. The number of hydrogen-bond acceptors (Lipinski definition) is 8. The van der Waals surface area contributed by atoms with E-state index in [9.17, 15) is 14.4 Å². The lowest BCUT2D eigenvalue weighted by atomic mass is 9.95. The number of anilines is 1. The number of methoxy groups -OCH3 is 3. The van der Waals surface area contributed by atoms with Crippen LogP contribution in [0.1, 0.15) is 70.5 Å². The lowest BCUT2D eigenvalue weighted by molar-refractivity contribution is -0.123. The molecule has 1 saturated heterocycles. The van der Waals surface area contributed by atoms with Crippen molar-refractivity contribution in [2.24, 2.45) is 5.92 Å². The van der Waals surface area contributed by atoms with Gasteiger partial charge in [-0.2, -0.15) is 0 Å². The minimum atomic E-state index is -0.594. The van der Waals surface area contributed by atoms with Gasteiger partial charge in [-0.3, -0.25) is 19.3 Å². The molecule has 2 aromatic carbocycles. The summed E-state index contributed by atoms with van der Waals surface area (Å²) in [5, 5.41) is 9.50. The van der Waals surface area contributed by atoms with Gasteiger partial charge in [-0.1, -0.05) is 33.3 Å². The van der Waals surface area contributed by atoms with Crippen molar-refractivity contribution in [1.82, 2.24) is 15.5 Å². The molecule has 2 aromatic rings. The molecule has 10 heteroatoms. The van der Waals surface area contributed by atoms with Gasteiger partial charge in [0.2, 0.25) is 23.0 Å². The van der Waals surface area contributed by atoms with E-state index in [1.54, 1.807) is 33.5 Å². The van der Waals surface area contributed by atoms with Gasteiger partial charge >= 0.3 is 0 Å². The number of carbonyl (C=O) groups excluding carboxylic acids is 2. The number of benzene rings is 1. The van der Waals surface area contributed by atoms with E-state index >= 15 is 0 Å². The van der Waals surface area contributed by atoms with Gasteiger partial charge in [0.25, 0.3) is 0 Å². The van der Waals surface area contributed by atoms with E-state index in [0.29, 0.717) is 53.9 Å². The molecule has 0 saturated carbocycles. The Morgan fingerprint density at radius 2 is 1.80 bits per heavy atom. The molecule has 1 aliphatic carbocycles. The molecule has 0 unspecified atom stereocenters. The van der Waals surface area contributed by atoms with Gasteiger partial charge in [-0.15, -0.1) is 0 Å². The van der Waals surface area contributed by atoms with E-state index in [2.05, 4.69) is 27.8 Å². The van der Waals surface area contributed by atoms with Crippen molar-refractivity contribution in [2.45, 2.75) is 77.9 Å². The summed E-state index contributed by atoms with van der Waals surface area (Å²) < 4.78 is 17.2. The van der Waals surface area contributed by atoms with Crippen molar-refractivity contribution in [1.29, 1.82) is 0 Å². The predicted molar refractivity (Wildman–Crippen MR) is 173 cm³/mol. The van der Waals surface area contributed by atoms with Gasteiger partial charge in [-0.05, 0) is 79.6 Å².